The minimum Gasteiger partial charge on any atom is -0.497 e. The summed E-state index contributed by atoms with van der Waals surface area (Å²) in [5, 5.41) is 2.80. The standard InChI is InChI=1S/C16H16FNO2/c1-20-15-7-5-13(6-8-15)16(19)18-10-9-12-3-2-4-14(17)11-12/h2-8,11H,9-10H2,1H3,(H,18,19). The fourth-order valence-electron chi connectivity index (χ4n) is 1.86. The molecule has 0 spiro atoms. The molecule has 4 heteroatoms. The molecule has 0 unspecified atom stereocenters. The average Bonchev–Trinajstić information content (AvgIpc) is 2.47. The van der Waals surface area contributed by atoms with Gasteiger partial charge in [0.05, 0.1) is 7.11 Å². The molecule has 0 radical (unpaired) electrons. The number of benzene rings is 2. The Bertz CT molecular complexity index is 581. The van der Waals surface area contributed by atoms with Crippen LogP contribution in [0, 0.1) is 5.82 Å². The predicted molar refractivity (Wildman–Crippen MR) is 75.4 cm³/mol. The van der Waals surface area contributed by atoms with Crippen LogP contribution in [0.5, 0.6) is 5.75 Å². The number of halogens is 1. The third kappa shape index (κ3) is 3.82. The SMILES string of the molecule is COc1ccc(C(=O)NCCc2cccc(F)c2)cc1. The van der Waals surface area contributed by atoms with Crippen LogP contribution in [-0.4, -0.2) is 19.6 Å². The van der Waals surface area contributed by atoms with Gasteiger partial charge in [-0.3, -0.25) is 4.79 Å². The Morgan fingerprint density at radius 3 is 2.60 bits per heavy atom. The lowest BCUT2D eigenvalue weighted by Gasteiger charge is -2.06. The van der Waals surface area contributed by atoms with Gasteiger partial charge < -0.3 is 10.1 Å². The summed E-state index contributed by atoms with van der Waals surface area (Å²) in [4.78, 5) is 11.9. The third-order valence-electron chi connectivity index (χ3n) is 2.94. The molecule has 3 nitrogen and oxygen atoms in total. The van der Waals surface area contributed by atoms with E-state index in [1.807, 2.05) is 6.07 Å². The molecule has 2 aromatic rings. The summed E-state index contributed by atoms with van der Waals surface area (Å²) in [5.74, 6) is 0.300. The van der Waals surface area contributed by atoms with E-state index in [9.17, 15) is 9.18 Å². The van der Waals surface area contributed by atoms with Gasteiger partial charge in [0.25, 0.3) is 5.91 Å². The van der Waals surface area contributed by atoms with Crippen LogP contribution < -0.4 is 10.1 Å². The van der Waals surface area contributed by atoms with E-state index in [4.69, 9.17) is 4.74 Å². The van der Waals surface area contributed by atoms with Crippen molar-refractivity contribution < 1.29 is 13.9 Å². The summed E-state index contributed by atoms with van der Waals surface area (Å²) < 4.78 is 18.0. The highest BCUT2D eigenvalue weighted by Crippen LogP contribution is 2.11. The molecular formula is C16H16FNO2. The fraction of sp³-hybridized carbons (Fsp3) is 0.188. The second-order valence-electron chi connectivity index (χ2n) is 4.36. The Labute approximate surface area is 117 Å². The lowest BCUT2D eigenvalue weighted by Crippen LogP contribution is -2.25. The molecule has 0 aromatic heterocycles. The van der Waals surface area contributed by atoms with Gasteiger partial charge in [0, 0.05) is 12.1 Å². The highest BCUT2D eigenvalue weighted by molar-refractivity contribution is 5.94. The number of rotatable bonds is 5. The normalized spacial score (nSPS) is 10.1. The Morgan fingerprint density at radius 1 is 1.20 bits per heavy atom. The molecule has 0 aliphatic heterocycles. The minimum atomic E-state index is -0.260. The predicted octanol–water partition coefficient (Wildman–Crippen LogP) is 2.81. The smallest absolute Gasteiger partial charge is 0.251 e. The van der Waals surface area contributed by atoms with Gasteiger partial charge in [-0.1, -0.05) is 12.1 Å². The molecule has 0 aliphatic rings. The molecule has 0 aliphatic carbocycles. The molecule has 0 fully saturated rings. The fourth-order valence-corrected chi connectivity index (χ4v) is 1.86. The Kier molecular flexibility index (Phi) is 4.71. The van der Waals surface area contributed by atoms with Gasteiger partial charge in [-0.05, 0) is 48.4 Å². The molecule has 0 atom stereocenters. The van der Waals surface area contributed by atoms with E-state index in [1.54, 1.807) is 37.4 Å². The summed E-state index contributed by atoms with van der Waals surface area (Å²) in [7, 11) is 1.58. The molecule has 2 aromatic carbocycles. The monoisotopic (exact) mass is 273 g/mol. The van der Waals surface area contributed by atoms with Crippen LogP contribution in [0.1, 0.15) is 15.9 Å². The van der Waals surface area contributed by atoms with E-state index in [1.165, 1.54) is 12.1 Å². The Hall–Kier alpha value is -2.36. The lowest BCUT2D eigenvalue weighted by atomic mass is 10.1. The number of carbonyl (C=O) groups excluding carboxylic acids is 1. The zero-order valence-electron chi connectivity index (χ0n) is 11.2. The first-order valence-electron chi connectivity index (χ1n) is 6.36. The third-order valence-corrected chi connectivity index (χ3v) is 2.94. The molecular weight excluding hydrogens is 257 g/mol. The first-order chi connectivity index (χ1) is 9.69. The molecule has 0 bridgehead atoms. The summed E-state index contributed by atoms with van der Waals surface area (Å²) in [6.07, 6.45) is 0.597. The van der Waals surface area contributed by atoms with Gasteiger partial charge in [0.1, 0.15) is 11.6 Å². The summed E-state index contributed by atoms with van der Waals surface area (Å²) >= 11 is 0. The van der Waals surface area contributed by atoms with Gasteiger partial charge in [0.2, 0.25) is 0 Å². The number of hydrogen-bond donors (Lipinski definition) is 1. The number of nitrogens with one attached hydrogen (secondary N) is 1. The maximum Gasteiger partial charge on any atom is 0.251 e. The van der Waals surface area contributed by atoms with Crippen molar-refractivity contribution in [2.75, 3.05) is 13.7 Å². The van der Waals surface area contributed by atoms with Gasteiger partial charge in [0.15, 0.2) is 0 Å². The van der Waals surface area contributed by atoms with Crippen LogP contribution in [0.15, 0.2) is 48.5 Å². The quantitative estimate of drug-likeness (QED) is 0.909. The highest BCUT2D eigenvalue weighted by Gasteiger charge is 2.05. The van der Waals surface area contributed by atoms with Crippen molar-refractivity contribution >= 4 is 5.91 Å². The average molecular weight is 273 g/mol. The van der Waals surface area contributed by atoms with Crippen molar-refractivity contribution in [3.63, 3.8) is 0 Å². The molecule has 104 valence electrons. The minimum absolute atomic E-state index is 0.149. The molecule has 0 saturated carbocycles. The van der Waals surface area contributed by atoms with Gasteiger partial charge in [-0.15, -0.1) is 0 Å². The number of amides is 1. The lowest BCUT2D eigenvalue weighted by molar-refractivity contribution is 0.0954. The van der Waals surface area contributed by atoms with E-state index < -0.39 is 0 Å². The number of carbonyl (C=O) groups is 1. The summed E-state index contributed by atoms with van der Waals surface area (Å²) in [6, 6.07) is 13.3. The maximum atomic E-state index is 13.0. The molecule has 1 amide bonds. The second-order valence-corrected chi connectivity index (χ2v) is 4.36. The maximum absolute atomic E-state index is 13.0. The van der Waals surface area contributed by atoms with Crippen molar-refractivity contribution in [1.82, 2.24) is 5.32 Å². The number of methoxy groups -OCH3 is 1. The summed E-state index contributed by atoms with van der Waals surface area (Å²) in [5.41, 5.74) is 1.44. The van der Waals surface area contributed by atoms with Crippen LogP contribution >= 0.6 is 0 Å². The van der Waals surface area contributed by atoms with Crippen LogP contribution in [0.3, 0.4) is 0 Å². The Morgan fingerprint density at radius 2 is 1.95 bits per heavy atom. The van der Waals surface area contributed by atoms with Crippen LogP contribution in [0.2, 0.25) is 0 Å². The van der Waals surface area contributed by atoms with Crippen LogP contribution in [0.4, 0.5) is 4.39 Å². The van der Waals surface area contributed by atoms with Crippen molar-refractivity contribution in [2.45, 2.75) is 6.42 Å². The zero-order valence-corrected chi connectivity index (χ0v) is 11.2. The van der Waals surface area contributed by atoms with E-state index in [0.29, 0.717) is 24.3 Å². The van der Waals surface area contributed by atoms with E-state index in [-0.39, 0.29) is 11.7 Å². The second kappa shape index (κ2) is 6.70. The summed E-state index contributed by atoms with van der Waals surface area (Å²) in [6.45, 7) is 0.467. The van der Waals surface area contributed by atoms with E-state index in [2.05, 4.69) is 5.32 Å². The number of hydrogen-bond acceptors (Lipinski definition) is 2. The van der Waals surface area contributed by atoms with Crippen molar-refractivity contribution in [3.05, 3.63) is 65.5 Å². The van der Waals surface area contributed by atoms with Crippen LogP contribution in [-0.2, 0) is 6.42 Å². The van der Waals surface area contributed by atoms with E-state index in [0.717, 1.165) is 5.56 Å². The first-order valence-corrected chi connectivity index (χ1v) is 6.36. The zero-order chi connectivity index (χ0) is 14.4. The molecule has 0 heterocycles. The van der Waals surface area contributed by atoms with Gasteiger partial charge in [-0.2, -0.15) is 0 Å². The van der Waals surface area contributed by atoms with E-state index >= 15 is 0 Å². The molecule has 0 saturated heterocycles. The Balaban J connectivity index is 1.85. The van der Waals surface area contributed by atoms with Crippen molar-refractivity contribution in [2.24, 2.45) is 0 Å². The topological polar surface area (TPSA) is 38.3 Å². The number of ether oxygens (including phenoxy) is 1. The van der Waals surface area contributed by atoms with Crippen molar-refractivity contribution in [3.8, 4) is 5.75 Å². The highest BCUT2D eigenvalue weighted by atomic mass is 19.1. The largest absolute Gasteiger partial charge is 0.497 e. The van der Waals surface area contributed by atoms with Crippen molar-refractivity contribution in [1.29, 1.82) is 0 Å². The molecule has 20 heavy (non-hydrogen) atoms. The van der Waals surface area contributed by atoms with Gasteiger partial charge >= 0.3 is 0 Å². The van der Waals surface area contributed by atoms with Crippen LogP contribution in [0.25, 0.3) is 0 Å². The first kappa shape index (κ1) is 14.1. The van der Waals surface area contributed by atoms with Gasteiger partial charge in [-0.25, -0.2) is 4.39 Å². The molecule has 1 N–H and O–H groups in total. The molecule has 2 rings (SSSR count).